The molecule has 1 atom stereocenters. The lowest BCUT2D eigenvalue weighted by Gasteiger charge is -2.19. The Morgan fingerprint density at radius 2 is 2.00 bits per heavy atom. The van der Waals surface area contributed by atoms with Crippen LogP contribution < -0.4 is 5.32 Å². The molecular weight excluding hydrogens is 403 g/mol. The van der Waals surface area contributed by atoms with E-state index in [-0.39, 0.29) is 5.69 Å². The lowest BCUT2D eigenvalue weighted by atomic mass is 10.1. The van der Waals surface area contributed by atoms with Crippen molar-refractivity contribution in [2.45, 2.75) is 49.2 Å². The van der Waals surface area contributed by atoms with Gasteiger partial charge in [0.25, 0.3) is 15.5 Å². The van der Waals surface area contributed by atoms with Gasteiger partial charge in [0.05, 0.1) is 15.9 Å². The Morgan fingerprint density at radius 3 is 2.64 bits per heavy atom. The zero-order valence-corrected chi connectivity index (χ0v) is 15.4. The van der Waals surface area contributed by atoms with Crippen molar-refractivity contribution in [3.8, 4) is 0 Å². The van der Waals surface area contributed by atoms with Crippen LogP contribution in [0.3, 0.4) is 0 Å². The van der Waals surface area contributed by atoms with Gasteiger partial charge < -0.3 is 9.88 Å². The Hall–Kier alpha value is -2.70. The number of sulfone groups is 1. The normalized spacial score (nSPS) is 15.7. The van der Waals surface area contributed by atoms with Crippen LogP contribution in [0.25, 0.3) is 0 Å². The van der Waals surface area contributed by atoms with Gasteiger partial charge in [-0.2, -0.15) is 13.2 Å². The van der Waals surface area contributed by atoms with E-state index >= 15 is 0 Å². The number of nitro groups is 1. The molecule has 3 rings (SSSR count). The van der Waals surface area contributed by atoms with Gasteiger partial charge in [-0.25, -0.2) is 8.42 Å². The number of hydrogen-bond acceptors (Lipinski definition) is 7. The van der Waals surface area contributed by atoms with Crippen LogP contribution in [0.2, 0.25) is 0 Å². The molecule has 2 heterocycles. The number of alkyl halides is 3. The van der Waals surface area contributed by atoms with E-state index in [9.17, 15) is 31.7 Å². The van der Waals surface area contributed by atoms with Crippen molar-refractivity contribution in [3.63, 3.8) is 0 Å². The monoisotopic (exact) mass is 419 g/mol. The van der Waals surface area contributed by atoms with Crippen LogP contribution in [-0.2, 0) is 22.8 Å². The molecule has 0 radical (unpaired) electrons. The SMILES string of the molecule is CC(Nc1ccc(S(=O)(=O)C(F)(F)F)cc1[N+](=O)[O-])c1nnc2n1CCCC2. The molecule has 0 amide bonds. The summed E-state index contributed by atoms with van der Waals surface area (Å²) in [5.74, 6) is 1.34. The Bertz CT molecular complexity index is 1020. The molecule has 0 aliphatic carbocycles. The molecule has 28 heavy (non-hydrogen) atoms. The molecule has 1 aromatic carbocycles. The average molecular weight is 419 g/mol. The molecule has 0 saturated heterocycles. The molecule has 0 spiro atoms. The summed E-state index contributed by atoms with van der Waals surface area (Å²) in [6.45, 7) is 2.38. The van der Waals surface area contributed by atoms with Crippen molar-refractivity contribution in [1.82, 2.24) is 14.8 Å². The topological polar surface area (TPSA) is 120 Å². The standard InChI is InChI=1S/C15H16F3N5O4S/c1-9(14-21-20-13-4-2-3-7-22(13)14)19-11-6-5-10(8-12(11)23(24)25)28(26,27)15(16,17)18/h5-6,8-9,19H,2-4,7H2,1H3. The summed E-state index contributed by atoms with van der Waals surface area (Å²) in [6, 6.07) is 1.49. The smallest absolute Gasteiger partial charge is 0.370 e. The van der Waals surface area contributed by atoms with Crippen LogP contribution in [-0.4, -0.2) is 33.6 Å². The van der Waals surface area contributed by atoms with Crippen molar-refractivity contribution < 1.29 is 26.5 Å². The molecule has 0 bridgehead atoms. The molecular formula is C15H16F3N5O4S. The first-order chi connectivity index (χ1) is 13.0. The number of aromatic nitrogens is 3. The fourth-order valence-corrected chi connectivity index (χ4v) is 3.82. The first-order valence-corrected chi connectivity index (χ1v) is 9.79. The third-order valence-corrected chi connectivity index (χ3v) is 5.91. The number of aryl methyl sites for hydroxylation is 1. The predicted octanol–water partition coefficient (Wildman–Crippen LogP) is 2.99. The lowest BCUT2D eigenvalue weighted by Crippen LogP contribution is -2.23. The second-order valence-corrected chi connectivity index (χ2v) is 8.28. The minimum absolute atomic E-state index is 0.119. The van der Waals surface area contributed by atoms with E-state index in [1.54, 1.807) is 6.92 Å². The largest absolute Gasteiger partial charge is 0.501 e. The van der Waals surface area contributed by atoms with Gasteiger partial charge in [0, 0.05) is 19.0 Å². The molecule has 1 N–H and O–H groups in total. The molecule has 13 heteroatoms. The number of nitrogens with one attached hydrogen (secondary N) is 1. The van der Waals surface area contributed by atoms with Crippen molar-refractivity contribution >= 4 is 21.2 Å². The molecule has 2 aromatic rings. The third kappa shape index (κ3) is 3.53. The molecule has 0 saturated carbocycles. The van der Waals surface area contributed by atoms with Gasteiger partial charge in [-0.3, -0.25) is 10.1 Å². The van der Waals surface area contributed by atoms with Gasteiger partial charge in [-0.15, -0.1) is 10.2 Å². The molecule has 0 fully saturated rings. The highest BCUT2D eigenvalue weighted by Gasteiger charge is 2.47. The van der Waals surface area contributed by atoms with Crippen LogP contribution in [0, 0.1) is 10.1 Å². The summed E-state index contributed by atoms with van der Waals surface area (Å²) >= 11 is 0. The van der Waals surface area contributed by atoms with Gasteiger partial charge in [0.15, 0.2) is 5.82 Å². The minimum Gasteiger partial charge on any atom is -0.370 e. The fraction of sp³-hybridized carbons (Fsp3) is 0.467. The Labute approximate surface area is 157 Å². The fourth-order valence-electron chi connectivity index (χ4n) is 3.03. The van der Waals surface area contributed by atoms with Crippen molar-refractivity contribution in [2.75, 3.05) is 5.32 Å². The van der Waals surface area contributed by atoms with Gasteiger partial charge in [0.1, 0.15) is 11.5 Å². The van der Waals surface area contributed by atoms with E-state index in [2.05, 4.69) is 15.5 Å². The highest BCUT2D eigenvalue weighted by Crippen LogP contribution is 2.35. The zero-order chi connectivity index (χ0) is 20.7. The van der Waals surface area contributed by atoms with Gasteiger partial charge in [0.2, 0.25) is 0 Å². The maximum Gasteiger partial charge on any atom is 0.501 e. The Kier molecular flexibility index (Phi) is 5.04. The van der Waals surface area contributed by atoms with Gasteiger partial charge in [-0.1, -0.05) is 0 Å². The van der Waals surface area contributed by atoms with Crippen molar-refractivity contribution in [3.05, 3.63) is 40.0 Å². The third-order valence-electron chi connectivity index (χ3n) is 4.43. The highest BCUT2D eigenvalue weighted by atomic mass is 32.2. The van der Waals surface area contributed by atoms with Crippen molar-refractivity contribution in [2.24, 2.45) is 0 Å². The minimum atomic E-state index is -5.69. The van der Waals surface area contributed by atoms with Gasteiger partial charge >= 0.3 is 5.51 Å². The highest BCUT2D eigenvalue weighted by molar-refractivity contribution is 7.92. The Balaban J connectivity index is 1.94. The number of rotatable bonds is 5. The number of fused-ring (bicyclic) bond motifs is 1. The molecule has 1 unspecified atom stereocenters. The molecule has 9 nitrogen and oxygen atoms in total. The summed E-state index contributed by atoms with van der Waals surface area (Å²) in [5, 5.41) is 22.3. The van der Waals surface area contributed by atoms with E-state index in [1.807, 2.05) is 4.57 Å². The van der Waals surface area contributed by atoms with E-state index in [4.69, 9.17) is 0 Å². The lowest BCUT2D eigenvalue weighted by molar-refractivity contribution is -0.384. The van der Waals surface area contributed by atoms with E-state index < -0.39 is 36.9 Å². The maximum atomic E-state index is 12.7. The summed E-state index contributed by atoms with van der Waals surface area (Å²) in [7, 11) is -5.69. The first-order valence-electron chi connectivity index (χ1n) is 8.30. The van der Waals surface area contributed by atoms with E-state index in [1.165, 1.54) is 0 Å². The zero-order valence-electron chi connectivity index (χ0n) is 14.6. The van der Waals surface area contributed by atoms with Crippen LogP contribution in [0.5, 0.6) is 0 Å². The maximum absolute atomic E-state index is 12.7. The van der Waals surface area contributed by atoms with E-state index in [0.29, 0.717) is 24.5 Å². The van der Waals surface area contributed by atoms with Crippen LogP contribution >= 0.6 is 0 Å². The van der Waals surface area contributed by atoms with Crippen LogP contribution in [0.4, 0.5) is 24.5 Å². The number of benzene rings is 1. The predicted molar refractivity (Wildman–Crippen MR) is 91.3 cm³/mol. The summed E-state index contributed by atoms with van der Waals surface area (Å²) in [4.78, 5) is 9.18. The molecule has 152 valence electrons. The second kappa shape index (κ2) is 7.04. The average Bonchev–Trinajstić information content (AvgIpc) is 3.05. The molecule has 1 aliphatic rings. The summed E-state index contributed by atoms with van der Waals surface area (Å²) in [5.41, 5.74) is -6.45. The Morgan fingerprint density at radius 1 is 1.29 bits per heavy atom. The second-order valence-electron chi connectivity index (χ2n) is 6.33. The van der Waals surface area contributed by atoms with Crippen molar-refractivity contribution in [1.29, 1.82) is 0 Å². The number of nitrogens with zero attached hydrogens (tertiary/aromatic N) is 4. The number of hydrogen-bond donors (Lipinski definition) is 1. The van der Waals surface area contributed by atoms with E-state index in [0.717, 1.165) is 31.2 Å². The number of nitro benzene ring substituents is 1. The first kappa shape index (κ1) is 20.0. The summed E-state index contributed by atoms with van der Waals surface area (Å²) < 4.78 is 63.1. The summed E-state index contributed by atoms with van der Waals surface area (Å²) in [6.07, 6.45) is 2.69. The van der Waals surface area contributed by atoms with Crippen LogP contribution in [0.15, 0.2) is 23.1 Å². The van der Waals surface area contributed by atoms with Crippen LogP contribution in [0.1, 0.15) is 37.5 Å². The number of anilines is 1. The molecule has 1 aromatic heterocycles. The van der Waals surface area contributed by atoms with Gasteiger partial charge in [-0.05, 0) is 31.9 Å². The quantitative estimate of drug-likeness (QED) is 0.584. The molecule has 1 aliphatic heterocycles. The number of halogens is 3.